The molecular formula is C32H42N4O8S2. The van der Waals surface area contributed by atoms with Gasteiger partial charge in [0.05, 0.1) is 24.2 Å². The Balaban J connectivity index is 1.14. The van der Waals surface area contributed by atoms with E-state index in [4.69, 9.17) is 19.9 Å². The summed E-state index contributed by atoms with van der Waals surface area (Å²) in [5.74, 6) is 0.647. The second-order valence-corrected chi connectivity index (χ2v) is 15.4. The minimum absolute atomic E-state index is 0.00987. The van der Waals surface area contributed by atoms with Crippen LogP contribution in [0.2, 0.25) is 0 Å². The summed E-state index contributed by atoms with van der Waals surface area (Å²) in [6.07, 6.45) is 0.947. The molecule has 12 nitrogen and oxygen atoms in total. The van der Waals surface area contributed by atoms with Crippen LogP contribution in [0, 0.1) is 0 Å². The van der Waals surface area contributed by atoms with Gasteiger partial charge in [0.1, 0.15) is 29.1 Å². The molecule has 2 saturated heterocycles. The number of aliphatic hydroxyl groups is 1. The van der Waals surface area contributed by atoms with Crippen LogP contribution in [-0.4, -0.2) is 91.0 Å². The van der Waals surface area contributed by atoms with E-state index in [1.807, 2.05) is 30.3 Å². The van der Waals surface area contributed by atoms with E-state index in [-0.39, 0.29) is 29.0 Å². The third kappa shape index (κ3) is 7.55. The number of methoxy groups -OCH3 is 1. The molecule has 5 N–H and O–H groups in total. The summed E-state index contributed by atoms with van der Waals surface area (Å²) in [5, 5.41) is 13.8. The van der Waals surface area contributed by atoms with Crippen molar-refractivity contribution in [3.05, 3.63) is 72.3 Å². The van der Waals surface area contributed by atoms with Gasteiger partial charge in [-0.05, 0) is 55.6 Å². The van der Waals surface area contributed by atoms with Gasteiger partial charge in [0.15, 0.2) is 0 Å². The number of rotatable bonds is 13. The van der Waals surface area contributed by atoms with Gasteiger partial charge in [0, 0.05) is 43.9 Å². The molecule has 3 aromatic rings. The van der Waals surface area contributed by atoms with Crippen molar-refractivity contribution in [2.24, 2.45) is 5.73 Å². The molecule has 2 aliphatic heterocycles. The summed E-state index contributed by atoms with van der Waals surface area (Å²) in [6.45, 7) is 1.72. The summed E-state index contributed by atoms with van der Waals surface area (Å²) < 4.78 is 73.0. The lowest BCUT2D eigenvalue weighted by Crippen LogP contribution is -2.47. The van der Waals surface area contributed by atoms with E-state index in [2.05, 4.69) is 10.0 Å². The number of para-hydroxylation sites is 1. The largest absolute Gasteiger partial charge is 0.495 e. The number of nitrogens with two attached hydrogens (primary N) is 1. The third-order valence-corrected chi connectivity index (χ3v) is 11.9. The van der Waals surface area contributed by atoms with Crippen molar-refractivity contribution >= 4 is 20.0 Å². The number of hydrogen-bond acceptors (Lipinski definition) is 10. The van der Waals surface area contributed by atoms with Crippen LogP contribution in [0.15, 0.2) is 76.5 Å². The summed E-state index contributed by atoms with van der Waals surface area (Å²) in [4.78, 5) is 0.207. The Morgan fingerprint density at radius 2 is 1.78 bits per heavy atom. The maximum Gasteiger partial charge on any atom is 0.246 e. The first-order chi connectivity index (χ1) is 22.0. The van der Waals surface area contributed by atoms with Crippen molar-refractivity contribution < 1.29 is 36.2 Å². The van der Waals surface area contributed by atoms with Crippen molar-refractivity contribution in [1.29, 1.82) is 0 Å². The lowest BCUT2D eigenvalue weighted by atomic mass is 9.88. The van der Waals surface area contributed by atoms with E-state index in [1.54, 1.807) is 24.3 Å². The topological polar surface area (TPSA) is 170 Å². The fraction of sp³-hybridized carbons (Fsp3) is 0.438. The van der Waals surface area contributed by atoms with Crippen molar-refractivity contribution in [2.75, 3.05) is 47.0 Å². The normalized spacial score (nSPS) is 19.3. The number of benzene rings is 3. The number of nitrogens with zero attached hydrogens (tertiary/aromatic N) is 1. The molecule has 2 heterocycles. The molecule has 5 rings (SSSR count). The van der Waals surface area contributed by atoms with Crippen LogP contribution < -0.4 is 25.2 Å². The Kier molecular flexibility index (Phi) is 10.7. The van der Waals surface area contributed by atoms with Crippen LogP contribution in [0.5, 0.6) is 11.5 Å². The third-order valence-electron chi connectivity index (χ3n) is 8.61. The molecule has 2 aliphatic rings. The molecule has 1 spiro atoms. The van der Waals surface area contributed by atoms with Gasteiger partial charge in [-0.2, -0.15) is 4.31 Å². The Bertz CT molecular complexity index is 1710. The molecule has 0 radical (unpaired) electrons. The lowest BCUT2D eigenvalue weighted by molar-refractivity contribution is -0.0312. The minimum Gasteiger partial charge on any atom is -0.495 e. The van der Waals surface area contributed by atoms with Gasteiger partial charge in [0.25, 0.3) is 0 Å². The number of aliphatic hydroxyl groups excluding tert-OH is 1. The Morgan fingerprint density at radius 1 is 1.07 bits per heavy atom. The summed E-state index contributed by atoms with van der Waals surface area (Å²) in [5.41, 5.74) is 7.80. The van der Waals surface area contributed by atoms with Crippen LogP contribution >= 0.6 is 0 Å². The monoisotopic (exact) mass is 674 g/mol. The van der Waals surface area contributed by atoms with E-state index in [0.29, 0.717) is 62.6 Å². The standard InChI is InChI=1S/C32H42N4O8S2/c1-34-45(38,39)28-6-3-5-27(17-28)43-22-26(37)20-35-25-18-32(44-21-25)13-15-36(16-14-32)46(40,41)30-8-4-7-29(31(30)42-2)24-11-9-23(19-33)10-12-24/h3-12,17,25-26,34-35,37H,13-16,18-22,33H2,1-2H3. The predicted octanol–water partition coefficient (Wildman–Crippen LogP) is 2.07. The van der Waals surface area contributed by atoms with Gasteiger partial charge in [-0.3, -0.25) is 0 Å². The Labute approximate surface area is 270 Å². The van der Waals surface area contributed by atoms with Gasteiger partial charge >= 0.3 is 0 Å². The molecule has 0 saturated carbocycles. The molecule has 0 aliphatic carbocycles. The molecule has 46 heavy (non-hydrogen) atoms. The zero-order chi connectivity index (χ0) is 33.0. The smallest absolute Gasteiger partial charge is 0.246 e. The van der Waals surface area contributed by atoms with Crippen molar-refractivity contribution in [2.45, 2.75) is 53.3 Å². The van der Waals surface area contributed by atoms with E-state index in [0.717, 1.165) is 11.1 Å². The zero-order valence-electron chi connectivity index (χ0n) is 26.0. The van der Waals surface area contributed by atoms with Crippen molar-refractivity contribution in [3.8, 4) is 22.6 Å². The van der Waals surface area contributed by atoms with Gasteiger partial charge in [0.2, 0.25) is 20.0 Å². The predicted molar refractivity (Wildman–Crippen MR) is 174 cm³/mol. The van der Waals surface area contributed by atoms with E-state index >= 15 is 0 Å². The fourth-order valence-corrected chi connectivity index (χ4v) is 8.36. The maximum absolute atomic E-state index is 13.8. The van der Waals surface area contributed by atoms with Gasteiger partial charge in [-0.1, -0.05) is 42.5 Å². The van der Waals surface area contributed by atoms with E-state index in [1.165, 1.54) is 30.6 Å². The van der Waals surface area contributed by atoms with E-state index < -0.39 is 31.8 Å². The molecule has 2 atom stereocenters. The van der Waals surface area contributed by atoms with Gasteiger partial charge in [-0.15, -0.1) is 0 Å². The van der Waals surface area contributed by atoms with Crippen LogP contribution in [-0.2, 0) is 31.3 Å². The first-order valence-corrected chi connectivity index (χ1v) is 18.1. The highest BCUT2D eigenvalue weighted by molar-refractivity contribution is 7.89. The second kappa shape index (κ2) is 14.4. The first kappa shape index (κ1) is 34.3. The SMILES string of the molecule is CNS(=O)(=O)c1cccc(OCC(O)CNC2COC3(CCN(S(=O)(=O)c4cccc(-c5ccc(CN)cc5)c4OC)CC3)C2)c1. The Morgan fingerprint density at radius 3 is 2.46 bits per heavy atom. The number of nitrogens with one attached hydrogen (secondary N) is 2. The summed E-state index contributed by atoms with van der Waals surface area (Å²) in [7, 11) is -4.62. The molecule has 0 bridgehead atoms. The van der Waals surface area contributed by atoms with Crippen LogP contribution in [0.4, 0.5) is 0 Å². The Hall–Kier alpha value is -3.08. The molecule has 2 fully saturated rings. The van der Waals surface area contributed by atoms with Crippen LogP contribution in [0.25, 0.3) is 11.1 Å². The maximum atomic E-state index is 13.8. The number of ether oxygens (including phenoxy) is 3. The second-order valence-electron chi connectivity index (χ2n) is 11.6. The number of sulfonamides is 2. The first-order valence-electron chi connectivity index (χ1n) is 15.2. The highest BCUT2D eigenvalue weighted by atomic mass is 32.2. The quantitative estimate of drug-likeness (QED) is 0.211. The molecular weight excluding hydrogens is 633 g/mol. The fourth-order valence-electron chi connectivity index (χ4n) is 5.98. The van der Waals surface area contributed by atoms with Crippen LogP contribution in [0.1, 0.15) is 24.8 Å². The minimum atomic E-state index is -3.84. The average Bonchev–Trinajstić information content (AvgIpc) is 3.48. The molecule has 0 aromatic heterocycles. The highest BCUT2D eigenvalue weighted by Crippen LogP contribution is 2.41. The number of piperidine rings is 1. The van der Waals surface area contributed by atoms with Gasteiger partial charge in [-0.25, -0.2) is 21.6 Å². The molecule has 250 valence electrons. The van der Waals surface area contributed by atoms with Crippen LogP contribution in [0.3, 0.4) is 0 Å². The van der Waals surface area contributed by atoms with Crippen molar-refractivity contribution in [3.63, 3.8) is 0 Å². The lowest BCUT2D eigenvalue weighted by Gasteiger charge is -2.38. The van der Waals surface area contributed by atoms with Crippen molar-refractivity contribution in [1.82, 2.24) is 14.3 Å². The zero-order valence-corrected chi connectivity index (χ0v) is 27.6. The highest BCUT2D eigenvalue weighted by Gasteiger charge is 2.45. The number of hydrogen-bond donors (Lipinski definition) is 4. The average molecular weight is 675 g/mol. The molecule has 3 aromatic carbocycles. The summed E-state index contributed by atoms with van der Waals surface area (Å²) >= 11 is 0. The molecule has 14 heteroatoms. The van der Waals surface area contributed by atoms with E-state index in [9.17, 15) is 21.9 Å². The van der Waals surface area contributed by atoms with Gasteiger partial charge < -0.3 is 30.4 Å². The summed E-state index contributed by atoms with van der Waals surface area (Å²) in [6, 6.07) is 18.9. The molecule has 0 amide bonds. The molecule has 2 unspecified atom stereocenters.